The molecule has 9 heteroatoms. The van der Waals surface area contributed by atoms with E-state index in [0.717, 1.165) is 0 Å². The van der Waals surface area contributed by atoms with Crippen molar-refractivity contribution in [2.45, 2.75) is 17.7 Å². The number of benzene rings is 1. The van der Waals surface area contributed by atoms with Gasteiger partial charge in [-0.05, 0) is 18.2 Å². The Balaban J connectivity index is 1.78. The van der Waals surface area contributed by atoms with Gasteiger partial charge in [0, 0.05) is 45.1 Å². The van der Waals surface area contributed by atoms with Crippen molar-refractivity contribution in [2.75, 3.05) is 46.2 Å². The highest BCUT2D eigenvalue weighted by Gasteiger charge is 2.58. The van der Waals surface area contributed by atoms with Gasteiger partial charge in [-0.15, -0.1) is 0 Å². The summed E-state index contributed by atoms with van der Waals surface area (Å²) in [6.45, 7) is 1.05. The van der Waals surface area contributed by atoms with Crippen LogP contribution >= 0.6 is 0 Å². The Hall–Kier alpha value is -2.13. The number of methoxy groups -OCH3 is 2. The summed E-state index contributed by atoms with van der Waals surface area (Å²) in [5, 5.41) is 0. The van der Waals surface area contributed by atoms with Crippen LogP contribution in [-0.2, 0) is 19.4 Å². The van der Waals surface area contributed by atoms with E-state index in [1.54, 1.807) is 29.2 Å². The van der Waals surface area contributed by atoms with Crippen molar-refractivity contribution >= 4 is 21.7 Å². The van der Waals surface area contributed by atoms with E-state index in [1.807, 2.05) is 0 Å². The van der Waals surface area contributed by atoms with Gasteiger partial charge in [0.05, 0.1) is 13.7 Å². The Morgan fingerprint density at radius 1 is 1.22 bits per heavy atom. The summed E-state index contributed by atoms with van der Waals surface area (Å²) < 4.78 is 35.6. The molecular weight excluding hydrogens is 372 g/mol. The largest absolute Gasteiger partial charge is 0.497 e. The molecule has 3 rings (SSSR count). The number of hydrogen-bond acceptors (Lipinski definition) is 6. The van der Waals surface area contributed by atoms with E-state index >= 15 is 0 Å². The SMILES string of the molecule is COCCN1C(=O)CS(=O)(=O)C12CCN(C(=O)c1cccc(OC)c1)CC2. The predicted octanol–water partition coefficient (Wildman–Crippen LogP) is 0.531. The second-order valence-electron chi connectivity index (χ2n) is 6.77. The molecule has 8 nitrogen and oxygen atoms in total. The zero-order valence-corrected chi connectivity index (χ0v) is 16.3. The summed E-state index contributed by atoms with van der Waals surface area (Å²) >= 11 is 0. The van der Waals surface area contributed by atoms with Gasteiger partial charge in [-0.2, -0.15) is 0 Å². The molecule has 0 aliphatic carbocycles. The molecule has 0 bridgehead atoms. The predicted molar refractivity (Wildman–Crippen MR) is 98.2 cm³/mol. The second kappa shape index (κ2) is 7.47. The first-order valence-electron chi connectivity index (χ1n) is 8.80. The maximum absolute atomic E-state index is 12.8. The van der Waals surface area contributed by atoms with Gasteiger partial charge in [-0.1, -0.05) is 6.07 Å². The summed E-state index contributed by atoms with van der Waals surface area (Å²) in [5.41, 5.74) is 0.492. The summed E-state index contributed by atoms with van der Waals surface area (Å²) in [6, 6.07) is 6.86. The highest BCUT2D eigenvalue weighted by Crippen LogP contribution is 2.40. The first-order valence-corrected chi connectivity index (χ1v) is 10.4. The van der Waals surface area contributed by atoms with Gasteiger partial charge in [0.2, 0.25) is 5.91 Å². The van der Waals surface area contributed by atoms with Crippen LogP contribution in [0.1, 0.15) is 23.2 Å². The van der Waals surface area contributed by atoms with E-state index in [9.17, 15) is 18.0 Å². The number of carbonyl (C=O) groups excluding carboxylic acids is 2. The lowest BCUT2D eigenvalue weighted by Crippen LogP contribution is -2.57. The summed E-state index contributed by atoms with van der Waals surface area (Å²) in [4.78, 5) is 26.9. The Morgan fingerprint density at radius 2 is 1.93 bits per heavy atom. The van der Waals surface area contributed by atoms with Crippen LogP contribution in [0.5, 0.6) is 5.75 Å². The summed E-state index contributed by atoms with van der Waals surface area (Å²) in [5.74, 6) is -0.446. The fourth-order valence-corrected chi connectivity index (χ4v) is 5.94. The van der Waals surface area contributed by atoms with Gasteiger partial charge in [-0.3, -0.25) is 9.59 Å². The lowest BCUT2D eigenvalue weighted by molar-refractivity contribution is -0.131. The number of carbonyl (C=O) groups is 2. The second-order valence-corrected chi connectivity index (χ2v) is 9.05. The van der Waals surface area contributed by atoms with Gasteiger partial charge >= 0.3 is 0 Å². The van der Waals surface area contributed by atoms with Crippen LogP contribution in [0.3, 0.4) is 0 Å². The highest BCUT2D eigenvalue weighted by atomic mass is 32.2. The van der Waals surface area contributed by atoms with Crippen LogP contribution in [0, 0.1) is 0 Å². The van der Waals surface area contributed by atoms with Crippen molar-refractivity contribution in [3.05, 3.63) is 29.8 Å². The quantitative estimate of drug-likeness (QED) is 0.721. The number of amides is 2. The van der Waals surface area contributed by atoms with Crippen molar-refractivity contribution < 1.29 is 27.5 Å². The Morgan fingerprint density at radius 3 is 2.56 bits per heavy atom. The summed E-state index contributed by atoms with van der Waals surface area (Å²) in [7, 11) is -0.556. The highest BCUT2D eigenvalue weighted by molar-refractivity contribution is 7.93. The van der Waals surface area contributed by atoms with Crippen LogP contribution in [0.4, 0.5) is 0 Å². The number of hydrogen-bond donors (Lipinski definition) is 0. The number of nitrogens with zero attached hydrogens (tertiary/aromatic N) is 2. The lowest BCUT2D eigenvalue weighted by atomic mass is 10.0. The molecule has 0 atom stereocenters. The third-order valence-electron chi connectivity index (χ3n) is 5.35. The fraction of sp³-hybridized carbons (Fsp3) is 0.556. The van der Waals surface area contributed by atoms with E-state index in [-0.39, 0.29) is 50.9 Å². The molecule has 148 valence electrons. The number of sulfone groups is 1. The molecule has 0 radical (unpaired) electrons. The first kappa shape index (κ1) is 19.6. The topological polar surface area (TPSA) is 93.2 Å². The zero-order valence-electron chi connectivity index (χ0n) is 15.5. The maximum Gasteiger partial charge on any atom is 0.253 e. The molecule has 2 aliphatic rings. The molecule has 0 unspecified atom stereocenters. The van der Waals surface area contributed by atoms with Gasteiger partial charge in [0.15, 0.2) is 9.84 Å². The number of rotatable bonds is 5. The molecule has 0 aromatic heterocycles. The minimum atomic E-state index is -3.60. The van der Waals surface area contributed by atoms with Crippen molar-refractivity contribution in [2.24, 2.45) is 0 Å². The Bertz CT molecular complexity index is 830. The Labute approximate surface area is 158 Å². The van der Waals surface area contributed by atoms with Gasteiger partial charge in [0.25, 0.3) is 5.91 Å². The number of ether oxygens (including phenoxy) is 2. The van der Waals surface area contributed by atoms with Crippen molar-refractivity contribution in [3.8, 4) is 5.75 Å². The average Bonchev–Trinajstić information content (AvgIpc) is 2.85. The molecule has 1 aromatic carbocycles. The number of likely N-dealkylation sites (tertiary alicyclic amines) is 1. The van der Waals surface area contributed by atoms with Crippen molar-refractivity contribution in [1.82, 2.24) is 9.80 Å². The third-order valence-corrected chi connectivity index (χ3v) is 7.77. The molecule has 2 heterocycles. The molecule has 1 aromatic rings. The maximum atomic E-state index is 12.8. The standard InChI is InChI=1S/C18H24N2O6S/c1-25-11-10-20-16(21)13-27(23,24)18(20)6-8-19(9-7-18)17(22)14-4-3-5-15(12-14)26-2/h3-5,12H,6-11,13H2,1-2H3. The van der Waals surface area contributed by atoms with Crippen molar-refractivity contribution in [3.63, 3.8) is 0 Å². The Kier molecular flexibility index (Phi) is 5.43. The molecule has 0 saturated carbocycles. The van der Waals surface area contributed by atoms with Crippen LogP contribution < -0.4 is 4.74 Å². The van der Waals surface area contributed by atoms with Crippen LogP contribution in [-0.4, -0.2) is 81.1 Å². The van der Waals surface area contributed by atoms with Gasteiger partial charge < -0.3 is 19.3 Å². The lowest BCUT2D eigenvalue weighted by Gasteiger charge is -2.43. The normalized spacial score (nSPS) is 20.9. The third kappa shape index (κ3) is 3.41. The smallest absolute Gasteiger partial charge is 0.253 e. The van der Waals surface area contributed by atoms with E-state index in [2.05, 4.69) is 0 Å². The van der Waals surface area contributed by atoms with Crippen LogP contribution in [0.2, 0.25) is 0 Å². The fourth-order valence-electron chi connectivity index (χ4n) is 3.86. The number of piperidine rings is 1. The molecule has 2 aliphatic heterocycles. The minimum absolute atomic E-state index is 0.172. The van der Waals surface area contributed by atoms with E-state index in [1.165, 1.54) is 19.1 Å². The van der Waals surface area contributed by atoms with Crippen LogP contribution in [0.15, 0.2) is 24.3 Å². The molecule has 2 amide bonds. The van der Waals surface area contributed by atoms with Gasteiger partial charge in [0.1, 0.15) is 16.4 Å². The van der Waals surface area contributed by atoms with Crippen LogP contribution in [0.25, 0.3) is 0 Å². The zero-order chi connectivity index (χ0) is 19.7. The van der Waals surface area contributed by atoms with E-state index in [4.69, 9.17) is 9.47 Å². The average molecular weight is 396 g/mol. The van der Waals surface area contributed by atoms with Gasteiger partial charge in [-0.25, -0.2) is 8.42 Å². The summed E-state index contributed by atoms with van der Waals surface area (Å²) in [6.07, 6.45) is 0.418. The minimum Gasteiger partial charge on any atom is -0.497 e. The van der Waals surface area contributed by atoms with Crippen molar-refractivity contribution in [1.29, 1.82) is 0 Å². The molecule has 27 heavy (non-hydrogen) atoms. The van der Waals surface area contributed by atoms with E-state index in [0.29, 0.717) is 11.3 Å². The molecule has 1 spiro atoms. The molecule has 2 fully saturated rings. The van der Waals surface area contributed by atoms with E-state index < -0.39 is 20.5 Å². The monoisotopic (exact) mass is 396 g/mol. The molecule has 0 N–H and O–H groups in total. The molecular formula is C18H24N2O6S. The first-order chi connectivity index (χ1) is 12.8. The molecule has 2 saturated heterocycles.